The van der Waals surface area contributed by atoms with Crippen molar-refractivity contribution >= 4 is 0 Å². The summed E-state index contributed by atoms with van der Waals surface area (Å²) in [5.74, 6) is 1.28. The average molecular weight is 233 g/mol. The summed E-state index contributed by atoms with van der Waals surface area (Å²) in [6, 6.07) is 7.23. The minimum absolute atomic E-state index is 0.390. The predicted molar refractivity (Wildman–Crippen MR) is 62.6 cm³/mol. The standard InChI is InChI=1S/C12H15N3O2/c1-2-6-16-10-5-3-4-9(7-10)11(13)12-14-8-17-15-12/h3-5,7-8,11H,2,6,13H2,1H3. The van der Waals surface area contributed by atoms with E-state index in [1.54, 1.807) is 0 Å². The van der Waals surface area contributed by atoms with Crippen LogP contribution in [-0.2, 0) is 0 Å². The summed E-state index contributed by atoms with van der Waals surface area (Å²) in [6.07, 6.45) is 2.24. The Labute approximate surface area is 99.6 Å². The Hall–Kier alpha value is -1.88. The van der Waals surface area contributed by atoms with Crippen molar-refractivity contribution in [1.29, 1.82) is 0 Å². The summed E-state index contributed by atoms with van der Waals surface area (Å²) in [5, 5.41) is 3.73. The van der Waals surface area contributed by atoms with Gasteiger partial charge in [0.2, 0.25) is 6.39 Å². The molecule has 90 valence electrons. The quantitative estimate of drug-likeness (QED) is 0.853. The van der Waals surface area contributed by atoms with E-state index >= 15 is 0 Å². The van der Waals surface area contributed by atoms with Crippen molar-refractivity contribution < 1.29 is 9.26 Å². The zero-order chi connectivity index (χ0) is 12.1. The first-order valence-electron chi connectivity index (χ1n) is 5.56. The monoisotopic (exact) mass is 233 g/mol. The highest BCUT2D eigenvalue weighted by molar-refractivity contribution is 5.32. The number of rotatable bonds is 5. The molecule has 2 rings (SSSR count). The third kappa shape index (κ3) is 2.82. The van der Waals surface area contributed by atoms with Crippen LogP contribution < -0.4 is 10.5 Å². The van der Waals surface area contributed by atoms with Crippen molar-refractivity contribution in [3.05, 3.63) is 42.0 Å². The fraction of sp³-hybridized carbons (Fsp3) is 0.333. The summed E-state index contributed by atoms with van der Waals surface area (Å²) in [6.45, 7) is 2.76. The normalized spacial score (nSPS) is 12.4. The van der Waals surface area contributed by atoms with E-state index in [-0.39, 0.29) is 6.04 Å². The van der Waals surface area contributed by atoms with Crippen LogP contribution in [-0.4, -0.2) is 16.7 Å². The Bertz CT molecular complexity index is 457. The van der Waals surface area contributed by atoms with Gasteiger partial charge in [0.15, 0.2) is 5.82 Å². The van der Waals surface area contributed by atoms with Gasteiger partial charge in [-0.25, -0.2) is 0 Å². The fourth-order valence-electron chi connectivity index (χ4n) is 1.48. The Balaban J connectivity index is 2.15. The molecular weight excluding hydrogens is 218 g/mol. The molecule has 0 radical (unpaired) electrons. The lowest BCUT2D eigenvalue weighted by Crippen LogP contribution is -2.13. The second-order valence-corrected chi connectivity index (χ2v) is 3.69. The molecule has 1 aromatic heterocycles. The van der Waals surface area contributed by atoms with Crippen LogP contribution in [0.5, 0.6) is 5.75 Å². The first-order chi connectivity index (χ1) is 8.31. The van der Waals surface area contributed by atoms with Gasteiger partial charge in [-0.2, -0.15) is 4.98 Å². The molecule has 5 heteroatoms. The lowest BCUT2D eigenvalue weighted by Gasteiger charge is -2.10. The van der Waals surface area contributed by atoms with Crippen molar-refractivity contribution in [3.63, 3.8) is 0 Å². The molecule has 0 saturated heterocycles. The van der Waals surface area contributed by atoms with E-state index in [1.807, 2.05) is 24.3 Å². The van der Waals surface area contributed by atoms with Crippen LogP contribution in [0.25, 0.3) is 0 Å². The van der Waals surface area contributed by atoms with Crippen LogP contribution in [0.2, 0.25) is 0 Å². The first-order valence-corrected chi connectivity index (χ1v) is 5.56. The molecule has 0 spiro atoms. The number of hydrogen-bond donors (Lipinski definition) is 1. The van der Waals surface area contributed by atoms with Crippen LogP contribution in [0, 0.1) is 0 Å². The predicted octanol–water partition coefficient (Wildman–Crippen LogP) is 1.91. The molecule has 0 aliphatic carbocycles. The summed E-state index contributed by atoms with van der Waals surface area (Å²) in [7, 11) is 0. The topological polar surface area (TPSA) is 74.2 Å². The Morgan fingerprint density at radius 3 is 3.06 bits per heavy atom. The van der Waals surface area contributed by atoms with E-state index < -0.39 is 0 Å². The molecule has 5 nitrogen and oxygen atoms in total. The summed E-state index contributed by atoms with van der Waals surface area (Å²) in [4.78, 5) is 3.94. The summed E-state index contributed by atoms with van der Waals surface area (Å²) < 4.78 is 10.2. The van der Waals surface area contributed by atoms with Crippen LogP contribution in [0.4, 0.5) is 0 Å². The van der Waals surface area contributed by atoms with Gasteiger partial charge in [-0.1, -0.05) is 24.2 Å². The number of nitrogens with two attached hydrogens (primary N) is 1. The number of ether oxygens (including phenoxy) is 1. The zero-order valence-electron chi connectivity index (χ0n) is 9.67. The maximum atomic E-state index is 6.02. The van der Waals surface area contributed by atoms with Gasteiger partial charge in [-0.15, -0.1) is 0 Å². The highest BCUT2D eigenvalue weighted by atomic mass is 16.5. The van der Waals surface area contributed by atoms with Crippen molar-refractivity contribution in [2.24, 2.45) is 5.73 Å². The SMILES string of the molecule is CCCOc1cccc(C(N)c2ncon2)c1. The van der Waals surface area contributed by atoms with Crippen LogP contribution in [0.15, 0.2) is 35.2 Å². The van der Waals surface area contributed by atoms with Gasteiger partial charge in [-0.05, 0) is 24.1 Å². The largest absolute Gasteiger partial charge is 0.494 e. The second-order valence-electron chi connectivity index (χ2n) is 3.69. The molecule has 2 N–H and O–H groups in total. The number of nitrogens with zero attached hydrogens (tertiary/aromatic N) is 2. The average Bonchev–Trinajstić information content (AvgIpc) is 2.89. The smallest absolute Gasteiger partial charge is 0.213 e. The lowest BCUT2D eigenvalue weighted by molar-refractivity contribution is 0.317. The van der Waals surface area contributed by atoms with Crippen molar-refractivity contribution in [2.75, 3.05) is 6.61 Å². The highest BCUT2D eigenvalue weighted by Crippen LogP contribution is 2.21. The Morgan fingerprint density at radius 2 is 2.35 bits per heavy atom. The third-order valence-electron chi connectivity index (χ3n) is 2.35. The molecule has 0 bridgehead atoms. The molecule has 2 aromatic rings. The fourth-order valence-corrected chi connectivity index (χ4v) is 1.48. The van der Waals surface area contributed by atoms with Gasteiger partial charge in [0.25, 0.3) is 0 Å². The van der Waals surface area contributed by atoms with E-state index in [1.165, 1.54) is 6.39 Å². The number of aromatic nitrogens is 2. The Kier molecular flexibility index (Phi) is 3.72. The van der Waals surface area contributed by atoms with Gasteiger partial charge >= 0.3 is 0 Å². The van der Waals surface area contributed by atoms with E-state index in [9.17, 15) is 0 Å². The Morgan fingerprint density at radius 1 is 1.47 bits per heavy atom. The van der Waals surface area contributed by atoms with Gasteiger partial charge in [0.1, 0.15) is 5.75 Å². The van der Waals surface area contributed by atoms with Crippen molar-refractivity contribution in [2.45, 2.75) is 19.4 Å². The molecule has 0 aliphatic rings. The lowest BCUT2D eigenvalue weighted by atomic mass is 10.1. The highest BCUT2D eigenvalue weighted by Gasteiger charge is 2.13. The number of benzene rings is 1. The van der Waals surface area contributed by atoms with Gasteiger partial charge in [0, 0.05) is 0 Å². The molecule has 0 saturated carbocycles. The van der Waals surface area contributed by atoms with Crippen molar-refractivity contribution in [3.8, 4) is 5.75 Å². The van der Waals surface area contributed by atoms with E-state index in [2.05, 4.69) is 21.6 Å². The minimum Gasteiger partial charge on any atom is -0.494 e. The van der Waals surface area contributed by atoms with Crippen LogP contribution >= 0.6 is 0 Å². The minimum atomic E-state index is -0.390. The maximum absolute atomic E-state index is 6.02. The van der Waals surface area contributed by atoms with Crippen LogP contribution in [0.3, 0.4) is 0 Å². The van der Waals surface area contributed by atoms with E-state index in [4.69, 9.17) is 10.5 Å². The zero-order valence-corrected chi connectivity index (χ0v) is 9.67. The van der Waals surface area contributed by atoms with Gasteiger partial charge in [-0.3, -0.25) is 0 Å². The number of hydrogen-bond acceptors (Lipinski definition) is 5. The van der Waals surface area contributed by atoms with Gasteiger partial charge < -0.3 is 15.0 Å². The molecule has 1 unspecified atom stereocenters. The van der Waals surface area contributed by atoms with Crippen molar-refractivity contribution in [1.82, 2.24) is 10.1 Å². The van der Waals surface area contributed by atoms with Crippen LogP contribution in [0.1, 0.15) is 30.8 Å². The second kappa shape index (κ2) is 5.45. The third-order valence-corrected chi connectivity index (χ3v) is 2.35. The molecular formula is C12H15N3O2. The summed E-state index contributed by atoms with van der Waals surface area (Å²) >= 11 is 0. The molecule has 1 aromatic carbocycles. The first kappa shape index (κ1) is 11.6. The molecule has 1 atom stereocenters. The van der Waals surface area contributed by atoms with Gasteiger partial charge in [0.05, 0.1) is 12.6 Å². The molecule has 0 amide bonds. The molecule has 0 fully saturated rings. The molecule has 17 heavy (non-hydrogen) atoms. The summed E-state index contributed by atoms with van der Waals surface area (Å²) in [5.41, 5.74) is 6.92. The van der Waals surface area contributed by atoms with E-state index in [0.717, 1.165) is 17.7 Å². The molecule has 1 heterocycles. The molecule has 0 aliphatic heterocycles. The van der Waals surface area contributed by atoms with E-state index in [0.29, 0.717) is 12.4 Å². The maximum Gasteiger partial charge on any atom is 0.213 e.